The molecule has 0 bridgehead atoms. The summed E-state index contributed by atoms with van der Waals surface area (Å²) in [5, 5.41) is 8.02. The minimum atomic E-state index is -0.730. The van der Waals surface area contributed by atoms with E-state index in [-0.39, 0.29) is 35.3 Å². The Hall–Kier alpha value is 0.820. The van der Waals surface area contributed by atoms with Gasteiger partial charge in [-0.15, -0.1) is 0 Å². The number of hydrogen-bond donors (Lipinski definition) is 1. The van der Waals surface area contributed by atoms with Crippen molar-refractivity contribution in [2.75, 3.05) is 11.5 Å². The third kappa shape index (κ3) is 9.94. The normalized spacial score (nSPS) is 7.62. The van der Waals surface area contributed by atoms with E-state index in [0.717, 1.165) is 5.75 Å². The van der Waals surface area contributed by atoms with Crippen molar-refractivity contribution in [3.63, 3.8) is 0 Å². The van der Waals surface area contributed by atoms with Crippen molar-refractivity contribution in [3.8, 4) is 0 Å². The average Bonchev–Trinajstić information content (AvgIpc) is 1.61. The maximum absolute atomic E-state index is 9.74. The fraction of sp³-hybridized carbons (Fsp3) is 0.750. The second-order valence-corrected chi connectivity index (χ2v) is 2.31. The summed E-state index contributed by atoms with van der Waals surface area (Å²) in [5.41, 5.74) is 0. The number of thioether (sulfide) groups is 1. The number of carboxylic acids is 1. The molecule has 0 aliphatic carbocycles. The summed E-state index contributed by atoms with van der Waals surface area (Å²) in [4.78, 5) is 9.74. The Morgan fingerprint density at radius 1 is 1.75 bits per heavy atom. The van der Waals surface area contributed by atoms with Gasteiger partial charge in [-0.1, -0.05) is 6.92 Å². The molecular formula is C4H9NaO2S. The standard InChI is InChI=1S/C4H8O2S.Na.H/c1-2-7-3-4(5)6;;/h2-3H2,1H3,(H,5,6);;. The van der Waals surface area contributed by atoms with Gasteiger partial charge in [-0.3, -0.25) is 4.79 Å². The van der Waals surface area contributed by atoms with Crippen LogP contribution in [0.15, 0.2) is 0 Å². The zero-order valence-corrected chi connectivity index (χ0v) is 4.99. The molecule has 8 heavy (non-hydrogen) atoms. The first-order valence-electron chi connectivity index (χ1n) is 2.07. The molecule has 0 aliphatic rings. The van der Waals surface area contributed by atoms with Crippen LogP contribution >= 0.6 is 11.8 Å². The van der Waals surface area contributed by atoms with Crippen LogP contribution in [0, 0.1) is 0 Å². The maximum atomic E-state index is 9.74. The molecule has 0 rings (SSSR count). The summed E-state index contributed by atoms with van der Waals surface area (Å²) < 4.78 is 0. The topological polar surface area (TPSA) is 37.3 Å². The van der Waals surface area contributed by atoms with Crippen LogP contribution in [0.5, 0.6) is 0 Å². The van der Waals surface area contributed by atoms with Gasteiger partial charge in [0.2, 0.25) is 0 Å². The van der Waals surface area contributed by atoms with Crippen molar-refractivity contribution >= 4 is 47.3 Å². The van der Waals surface area contributed by atoms with E-state index >= 15 is 0 Å². The van der Waals surface area contributed by atoms with Crippen LogP contribution in [0.3, 0.4) is 0 Å². The summed E-state index contributed by atoms with van der Waals surface area (Å²) in [5.74, 6) is 0.384. The van der Waals surface area contributed by atoms with Crippen LogP contribution in [0.1, 0.15) is 6.92 Å². The van der Waals surface area contributed by atoms with Gasteiger partial charge < -0.3 is 5.11 Å². The Kier molecular flexibility index (Phi) is 11.3. The molecule has 0 heterocycles. The predicted molar refractivity (Wildman–Crippen MR) is 37.8 cm³/mol. The summed E-state index contributed by atoms with van der Waals surface area (Å²) in [6.45, 7) is 1.94. The second kappa shape index (κ2) is 7.82. The van der Waals surface area contributed by atoms with Crippen LogP contribution in [0.2, 0.25) is 0 Å². The van der Waals surface area contributed by atoms with Crippen molar-refractivity contribution < 1.29 is 9.90 Å². The van der Waals surface area contributed by atoms with Gasteiger partial charge in [0.05, 0.1) is 5.75 Å². The molecule has 0 saturated heterocycles. The summed E-state index contributed by atoms with van der Waals surface area (Å²) in [7, 11) is 0. The molecule has 0 aromatic carbocycles. The van der Waals surface area contributed by atoms with Gasteiger partial charge >= 0.3 is 35.5 Å². The molecule has 0 aromatic heterocycles. The summed E-state index contributed by atoms with van der Waals surface area (Å²) in [6, 6.07) is 0. The average molecular weight is 144 g/mol. The fourth-order valence-electron chi connectivity index (χ4n) is 0.189. The van der Waals surface area contributed by atoms with Crippen LogP contribution < -0.4 is 0 Å². The minimum absolute atomic E-state index is 0. The molecule has 0 atom stereocenters. The summed E-state index contributed by atoms with van der Waals surface area (Å²) in [6.07, 6.45) is 0. The molecule has 0 aliphatic heterocycles. The Labute approximate surface area is 75.3 Å². The van der Waals surface area contributed by atoms with Crippen LogP contribution in [0.4, 0.5) is 0 Å². The third-order valence-corrected chi connectivity index (χ3v) is 1.29. The van der Waals surface area contributed by atoms with Crippen molar-refractivity contribution in [2.45, 2.75) is 6.92 Å². The number of carbonyl (C=O) groups is 1. The van der Waals surface area contributed by atoms with Gasteiger partial charge in [-0.05, 0) is 5.75 Å². The molecule has 0 spiro atoms. The summed E-state index contributed by atoms with van der Waals surface area (Å²) >= 11 is 1.42. The van der Waals surface area contributed by atoms with Crippen molar-refractivity contribution in [3.05, 3.63) is 0 Å². The van der Waals surface area contributed by atoms with E-state index in [1.54, 1.807) is 0 Å². The van der Waals surface area contributed by atoms with Crippen LogP contribution in [0.25, 0.3) is 0 Å². The molecule has 0 aromatic rings. The van der Waals surface area contributed by atoms with Crippen molar-refractivity contribution in [1.29, 1.82) is 0 Å². The number of carboxylic acid groups (broad SMARTS) is 1. The molecular weight excluding hydrogens is 135 g/mol. The van der Waals surface area contributed by atoms with Gasteiger partial charge in [0.1, 0.15) is 0 Å². The van der Waals surface area contributed by atoms with E-state index in [9.17, 15) is 4.79 Å². The third-order valence-electron chi connectivity index (χ3n) is 0.430. The quantitative estimate of drug-likeness (QED) is 0.574. The van der Waals surface area contributed by atoms with E-state index in [4.69, 9.17) is 5.11 Å². The van der Waals surface area contributed by atoms with Gasteiger partial charge in [0.25, 0.3) is 0 Å². The van der Waals surface area contributed by atoms with Crippen molar-refractivity contribution in [2.24, 2.45) is 0 Å². The van der Waals surface area contributed by atoms with Gasteiger partial charge in [-0.2, -0.15) is 11.8 Å². The monoisotopic (exact) mass is 144 g/mol. The Morgan fingerprint density at radius 3 is 2.38 bits per heavy atom. The van der Waals surface area contributed by atoms with E-state index in [1.165, 1.54) is 11.8 Å². The molecule has 44 valence electrons. The Morgan fingerprint density at radius 2 is 2.25 bits per heavy atom. The second-order valence-electron chi connectivity index (χ2n) is 1.03. The molecule has 2 nitrogen and oxygen atoms in total. The van der Waals surface area contributed by atoms with E-state index in [2.05, 4.69) is 0 Å². The van der Waals surface area contributed by atoms with E-state index in [0.29, 0.717) is 0 Å². The first-order chi connectivity index (χ1) is 3.27. The van der Waals surface area contributed by atoms with E-state index in [1.807, 2.05) is 6.92 Å². The number of aliphatic carboxylic acids is 1. The molecule has 4 heteroatoms. The number of hydrogen-bond acceptors (Lipinski definition) is 2. The van der Waals surface area contributed by atoms with Crippen LogP contribution in [-0.4, -0.2) is 52.1 Å². The SMILES string of the molecule is CCSCC(=O)O.[NaH]. The fourth-order valence-corrected chi connectivity index (χ4v) is 0.568. The molecule has 0 amide bonds. The van der Waals surface area contributed by atoms with Gasteiger partial charge in [0, 0.05) is 0 Å². The molecule has 1 N–H and O–H groups in total. The van der Waals surface area contributed by atoms with Gasteiger partial charge in [-0.25, -0.2) is 0 Å². The molecule has 0 radical (unpaired) electrons. The zero-order chi connectivity index (χ0) is 5.70. The van der Waals surface area contributed by atoms with Crippen molar-refractivity contribution in [1.82, 2.24) is 0 Å². The molecule has 0 saturated carbocycles. The predicted octanol–water partition coefficient (Wildman–Crippen LogP) is 0.176. The Balaban J connectivity index is 0. The molecule has 0 fully saturated rings. The Bertz CT molecular complexity index is 67.1. The first kappa shape index (κ1) is 11.6. The molecule has 0 unspecified atom stereocenters. The number of rotatable bonds is 3. The zero-order valence-electron chi connectivity index (χ0n) is 4.18. The first-order valence-corrected chi connectivity index (χ1v) is 3.22. The van der Waals surface area contributed by atoms with Crippen LogP contribution in [-0.2, 0) is 4.79 Å². The van der Waals surface area contributed by atoms with E-state index < -0.39 is 5.97 Å². The van der Waals surface area contributed by atoms with Gasteiger partial charge in [0.15, 0.2) is 0 Å².